The molecular formula is C22H30N8O2. The highest BCUT2D eigenvalue weighted by Crippen LogP contribution is 2.26. The van der Waals surface area contributed by atoms with Gasteiger partial charge in [-0.15, -0.1) is 5.10 Å². The zero-order valence-corrected chi connectivity index (χ0v) is 18.6. The molecule has 1 atom stereocenters. The summed E-state index contributed by atoms with van der Waals surface area (Å²) in [5.41, 5.74) is 2.13. The van der Waals surface area contributed by atoms with E-state index in [1.165, 1.54) is 0 Å². The third kappa shape index (κ3) is 4.02. The summed E-state index contributed by atoms with van der Waals surface area (Å²) in [6.45, 7) is 7.21. The molecule has 2 saturated heterocycles. The Balaban J connectivity index is 1.25. The van der Waals surface area contributed by atoms with Crippen molar-refractivity contribution in [3.63, 3.8) is 0 Å². The van der Waals surface area contributed by atoms with E-state index < -0.39 is 0 Å². The van der Waals surface area contributed by atoms with Crippen molar-refractivity contribution < 1.29 is 9.90 Å². The summed E-state index contributed by atoms with van der Waals surface area (Å²) < 4.78 is 2.12. The number of rotatable bonds is 5. The molecule has 32 heavy (non-hydrogen) atoms. The molecule has 0 spiro atoms. The van der Waals surface area contributed by atoms with Crippen LogP contribution in [0.4, 0.5) is 5.82 Å². The van der Waals surface area contributed by atoms with Gasteiger partial charge >= 0.3 is 0 Å². The van der Waals surface area contributed by atoms with Crippen LogP contribution in [0.2, 0.25) is 0 Å². The molecule has 0 saturated carbocycles. The topological polar surface area (TPSA) is 104 Å². The smallest absolute Gasteiger partial charge is 0.291 e. The number of fused-ring (bicyclic) bond motifs is 1. The third-order valence-electron chi connectivity index (χ3n) is 6.34. The Labute approximate surface area is 186 Å². The second-order valence-corrected chi connectivity index (χ2v) is 9.02. The lowest BCUT2D eigenvalue weighted by Gasteiger charge is -2.30. The van der Waals surface area contributed by atoms with Crippen LogP contribution < -0.4 is 15.2 Å². The highest BCUT2D eigenvalue weighted by Gasteiger charge is 2.28. The molecular weight excluding hydrogens is 408 g/mol. The first-order valence-electron chi connectivity index (χ1n) is 11.4. The summed E-state index contributed by atoms with van der Waals surface area (Å²) in [5, 5.41) is 19.1. The molecule has 0 radical (unpaired) electrons. The van der Waals surface area contributed by atoms with Crippen molar-refractivity contribution in [1.29, 1.82) is 0 Å². The minimum Gasteiger partial charge on any atom is -0.393 e. The molecule has 3 aromatic heterocycles. The summed E-state index contributed by atoms with van der Waals surface area (Å²) in [7, 11) is 0. The molecule has 2 aliphatic heterocycles. The maximum absolute atomic E-state index is 12.8. The normalized spacial score (nSPS) is 19.9. The molecule has 2 N–H and O–H groups in total. The molecule has 0 aromatic carbocycles. The van der Waals surface area contributed by atoms with Crippen LogP contribution in [-0.2, 0) is 0 Å². The molecule has 3 aromatic rings. The molecule has 0 unspecified atom stereocenters. The number of aliphatic hydroxyl groups excluding tert-OH is 1. The first-order valence-corrected chi connectivity index (χ1v) is 11.4. The lowest BCUT2D eigenvalue weighted by atomic mass is 10.1. The summed E-state index contributed by atoms with van der Waals surface area (Å²) >= 11 is 0. The fourth-order valence-corrected chi connectivity index (χ4v) is 4.43. The number of nitrogens with zero attached hydrogens (tertiary/aromatic N) is 7. The summed E-state index contributed by atoms with van der Waals surface area (Å²) in [6, 6.07) is 4.12. The third-order valence-corrected chi connectivity index (χ3v) is 6.34. The predicted octanol–water partition coefficient (Wildman–Crippen LogP) is 1.15. The summed E-state index contributed by atoms with van der Waals surface area (Å²) in [4.78, 5) is 25.8. The van der Waals surface area contributed by atoms with Gasteiger partial charge in [0.05, 0.1) is 17.3 Å². The van der Waals surface area contributed by atoms with Crippen molar-refractivity contribution >= 4 is 17.2 Å². The van der Waals surface area contributed by atoms with Crippen LogP contribution in [0.5, 0.6) is 0 Å². The number of aromatic nitrogens is 5. The second-order valence-electron chi connectivity index (χ2n) is 9.02. The van der Waals surface area contributed by atoms with E-state index in [-0.39, 0.29) is 23.9 Å². The number of hydrogen-bond acceptors (Lipinski definition) is 7. The minimum atomic E-state index is -0.260. The number of nitrogens with one attached hydrogen (secondary N) is 1. The molecule has 10 heteroatoms. The number of carbonyl (C=O) groups is 1. The van der Waals surface area contributed by atoms with Crippen molar-refractivity contribution in [2.45, 2.75) is 51.2 Å². The van der Waals surface area contributed by atoms with E-state index in [9.17, 15) is 9.90 Å². The first kappa shape index (κ1) is 20.7. The maximum Gasteiger partial charge on any atom is 0.291 e. The van der Waals surface area contributed by atoms with Gasteiger partial charge in [-0.25, -0.2) is 9.97 Å². The molecule has 10 nitrogen and oxygen atoms in total. The fraction of sp³-hybridized carbons (Fsp3) is 0.545. The fourth-order valence-electron chi connectivity index (χ4n) is 4.43. The van der Waals surface area contributed by atoms with Gasteiger partial charge < -0.3 is 19.7 Å². The largest absolute Gasteiger partial charge is 0.393 e. The monoisotopic (exact) mass is 438 g/mol. The van der Waals surface area contributed by atoms with Crippen LogP contribution in [0.25, 0.3) is 5.52 Å². The van der Waals surface area contributed by atoms with Crippen LogP contribution in [0.1, 0.15) is 55.3 Å². The number of piperidine rings is 1. The lowest BCUT2D eigenvalue weighted by Crippen LogP contribution is -2.43. The van der Waals surface area contributed by atoms with Crippen LogP contribution in [0.3, 0.4) is 0 Å². The second kappa shape index (κ2) is 8.42. The Morgan fingerprint density at radius 2 is 2.03 bits per heavy atom. The van der Waals surface area contributed by atoms with E-state index in [4.69, 9.17) is 4.98 Å². The molecule has 0 aliphatic carbocycles. The number of amides is 1. The van der Waals surface area contributed by atoms with Gasteiger partial charge in [0, 0.05) is 44.6 Å². The molecule has 5 rings (SSSR count). The van der Waals surface area contributed by atoms with Crippen molar-refractivity contribution in [2.24, 2.45) is 0 Å². The Morgan fingerprint density at radius 3 is 2.81 bits per heavy atom. The van der Waals surface area contributed by atoms with Crippen LogP contribution in [0.15, 0.2) is 30.9 Å². The van der Waals surface area contributed by atoms with Gasteiger partial charge in [-0.3, -0.25) is 9.80 Å². The summed E-state index contributed by atoms with van der Waals surface area (Å²) in [5.74, 6) is 1.21. The Kier molecular flexibility index (Phi) is 5.46. The minimum absolute atomic E-state index is 0.0131. The Hall–Kier alpha value is -3.14. The average Bonchev–Trinajstić information content (AvgIpc) is 3.54. The lowest BCUT2D eigenvalue weighted by molar-refractivity contribution is 0.0928. The summed E-state index contributed by atoms with van der Waals surface area (Å²) in [6.07, 6.45) is 7.68. The van der Waals surface area contributed by atoms with Gasteiger partial charge in [-0.05, 0) is 37.3 Å². The van der Waals surface area contributed by atoms with E-state index in [0.717, 1.165) is 30.0 Å². The predicted molar refractivity (Wildman–Crippen MR) is 121 cm³/mol. The Morgan fingerprint density at radius 1 is 1.22 bits per heavy atom. The standard InChI is InChI=1S/C22H30N8O2/c1-15(2)18-13-27-8-3-4-19(27)21(25-18)28-9-5-16(12-28)24-22(32)20-23-14-30(26-20)29-10-6-17(31)7-11-29/h3-4,8,13-17,31H,5-7,9-12H2,1-2H3,(H,24,32)/t16-/m0/s1. The van der Waals surface area contributed by atoms with E-state index in [1.807, 2.05) is 17.3 Å². The number of carbonyl (C=O) groups excluding carboxylic acids is 1. The van der Waals surface area contributed by atoms with E-state index in [0.29, 0.717) is 38.4 Å². The molecule has 5 heterocycles. The van der Waals surface area contributed by atoms with Crippen molar-refractivity contribution in [3.05, 3.63) is 42.4 Å². The van der Waals surface area contributed by atoms with Gasteiger partial charge in [0.15, 0.2) is 5.82 Å². The van der Waals surface area contributed by atoms with Gasteiger partial charge in [-0.1, -0.05) is 13.8 Å². The van der Waals surface area contributed by atoms with Crippen molar-refractivity contribution in [1.82, 2.24) is 29.6 Å². The first-order chi connectivity index (χ1) is 15.5. The highest BCUT2D eigenvalue weighted by atomic mass is 16.3. The van der Waals surface area contributed by atoms with Crippen molar-refractivity contribution in [3.8, 4) is 0 Å². The van der Waals surface area contributed by atoms with Crippen LogP contribution in [-0.4, -0.2) is 73.6 Å². The van der Waals surface area contributed by atoms with Crippen molar-refractivity contribution in [2.75, 3.05) is 36.1 Å². The Bertz CT molecular complexity index is 1100. The van der Waals surface area contributed by atoms with Gasteiger partial charge in [0.25, 0.3) is 5.91 Å². The SMILES string of the molecule is CC(C)c1cn2cccc2c(N2CC[C@H](NC(=O)c3ncn(N4CCC(O)CC4)n3)C2)n1. The molecule has 0 bridgehead atoms. The van der Waals surface area contributed by atoms with E-state index in [2.05, 4.69) is 50.8 Å². The highest BCUT2D eigenvalue weighted by molar-refractivity contribution is 5.90. The van der Waals surface area contributed by atoms with Gasteiger partial charge in [0.2, 0.25) is 5.82 Å². The van der Waals surface area contributed by atoms with Gasteiger partial charge in [-0.2, -0.15) is 4.79 Å². The van der Waals surface area contributed by atoms with Crippen LogP contribution >= 0.6 is 0 Å². The maximum atomic E-state index is 12.8. The number of anilines is 1. The van der Waals surface area contributed by atoms with E-state index >= 15 is 0 Å². The van der Waals surface area contributed by atoms with E-state index in [1.54, 1.807) is 11.1 Å². The molecule has 2 fully saturated rings. The zero-order valence-electron chi connectivity index (χ0n) is 18.6. The molecule has 2 aliphatic rings. The number of hydrogen-bond donors (Lipinski definition) is 2. The molecule has 1 amide bonds. The van der Waals surface area contributed by atoms with Crippen LogP contribution in [0, 0.1) is 0 Å². The quantitative estimate of drug-likeness (QED) is 0.616. The average molecular weight is 439 g/mol. The number of aliphatic hydroxyl groups is 1. The zero-order chi connectivity index (χ0) is 22.2. The molecule has 170 valence electrons. The van der Waals surface area contributed by atoms with Gasteiger partial charge in [0.1, 0.15) is 6.33 Å².